The smallest absolute Gasteiger partial charge is 0.406 e. The molecule has 0 radical (unpaired) electrons. The number of carbonyl (C=O) groups excluding carboxylic acids is 1. The third-order valence-corrected chi connectivity index (χ3v) is 2.51. The molecule has 116 valence electrons. The lowest BCUT2D eigenvalue weighted by Gasteiger charge is -2.14. The first kappa shape index (κ1) is 18.4. The second-order valence-electron chi connectivity index (χ2n) is 4.64. The van der Waals surface area contributed by atoms with Gasteiger partial charge in [0.1, 0.15) is 0 Å². The third kappa shape index (κ3) is 7.13. The Bertz CT molecular complexity index is 391. The molecule has 0 saturated carbocycles. The van der Waals surface area contributed by atoms with E-state index < -0.39 is 6.09 Å². The van der Waals surface area contributed by atoms with Gasteiger partial charge in [0.05, 0.1) is 18.5 Å². The predicted molar refractivity (Wildman–Crippen MR) is 80.7 cm³/mol. The van der Waals surface area contributed by atoms with E-state index in [1.165, 1.54) is 13.5 Å². The second-order valence-corrected chi connectivity index (χ2v) is 4.64. The van der Waals surface area contributed by atoms with Crippen LogP contribution in [0.4, 0.5) is 4.79 Å². The quantitative estimate of drug-likeness (QED) is 0.813. The minimum atomic E-state index is -0.407. The van der Waals surface area contributed by atoms with Crippen LogP contribution in [-0.4, -0.2) is 36.1 Å². The molecule has 1 aromatic rings. The van der Waals surface area contributed by atoms with Gasteiger partial charge in [0, 0.05) is 26.2 Å². The number of methoxy groups -OCH3 is 1. The zero-order chi connectivity index (χ0) is 15.5. The predicted octanol–water partition coefficient (Wildman–Crippen LogP) is 2.15. The van der Waals surface area contributed by atoms with Gasteiger partial charge in [-0.1, -0.05) is 20.3 Å². The molecule has 1 atom stereocenters. The molecule has 0 aliphatic carbocycles. The summed E-state index contributed by atoms with van der Waals surface area (Å²) in [6.07, 6.45) is 0.843. The maximum Gasteiger partial charge on any atom is 0.406 e. The molecule has 1 aromatic heterocycles. The highest BCUT2D eigenvalue weighted by Gasteiger charge is 2.10. The molecule has 6 nitrogen and oxygen atoms in total. The number of hydrogen-bond acceptors (Lipinski definition) is 4. The fourth-order valence-electron chi connectivity index (χ4n) is 1.67. The maximum atomic E-state index is 10.8. The number of aromatic nitrogens is 2. The van der Waals surface area contributed by atoms with Crippen LogP contribution in [0.3, 0.4) is 0 Å². The highest BCUT2D eigenvalue weighted by molar-refractivity contribution is 5.66. The van der Waals surface area contributed by atoms with E-state index in [-0.39, 0.29) is 6.04 Å². The van der Waals surface area contributed by atoms with Gasteiger partial charge in [-0.25, -0.2) is 4.79 Å². The van der Waals surface area contributed by atoms with Gasteiger partial charge in [-0.3, -0.25) is 4.68 Å². The summed E-state index contributed by atoms with van der Waals surface area (Å²) in [4.78, 5) is 10.8. The summed E-state index contributed by atoms with van der Waals surface area (Å²) in [7, 11) is 3.27. The van der Waals surface area contributed by atoms with Gasteiger partial charge >= 0.3 is 6.09 Å². The molecule has 1 amide bonds. The van der Waals surface area contributed by atoms with E-state index in [1.54, 1.807) is 0 Å². The summed E-state index contributed by atoms with van der Waals surface area (Å²) in [6, 6.07) is 2.24. The molecular formula is C14H28N4O2. The molecule has 0 bridgehead atoms. The lowest BCUT2D eigenvalue weighted by Crippen LogP contribution is -2.33. The zero-order valence-corrected chi connectivity index (χ0v) is 13.5. The van der Waals surface area contributed by atoms with Crippen LogP contribution in [-0.2, 0) is 11.8 Å². The minimum absolute atomic E-state index is 0.195. The van der Waals surface area contributed by atoms with E-state index in [4.69, 9.17) is 0 Å². The van der Waals surface area contributed by atoms with E-state index in [0.29, 0.717) is 13.1 Å². The number of nitrogens with zero attached hydrogens (tertiary/aromatic N) is 2. The van der Waals surface area contributed by atoms with E-state index in [9.17, 15) is 4.79 Å². The van der Waals surface area contributed by atoms with Crippen LogP contribution in [0, 0.1) is 6.92 Å². The molecule has 6 heteroatoms. The van der Waals surface area contributed by atoms with Gasteiger partial charge in [0.25, 0.3) is 0 Å². The van der Waals surface area contributed by atoms with Crippen LogP contribution in [0.15, 0.2) is 6.07 Å². The first-order valence-electron chi connectivity index (χ1n) is 7.01. The maximum absolute atomic E-state index is 10.8. The number of aryl methyl sites for hydroxylation is 2. The van der Waals surface area contributed by atoms with Crippen LogP contribution < -0.4 is 10.6 Å². The van der Waals surface area contributed by atoms with E-state index in [1.807, 2.05) is 24.7 Å². The second kappa shape index (κ2) is 10.3. The first-order chi connectivity index (χ1) is 9.46. The molecule has 0 spiro atoms. The molecule has 2 N–H and O–H groups in total. The van der Waals surface area contributed by atoms with E-state index >= 15 is 0 Å². The van der Waals surface area contributed by atoms with E-state index in [0.717, 1.165) is 11.4 Å². The monoisotopic (exact) mass is 284 g/mol. The van der Waals surface area contributed by atoms with Crippen molar-refractivity contribution in [1.29, 1.82) is 0 Å². The average Bonchev–Trinajstić information content (AvgIpc) is 2.74. The lowest BCUT2D eigenvalue weighted by molar-refractivity contribution is 0.171. The molecule has 0 saturated heterocycles. The summed E-state index contributed by atoms with van der Waals surface area (Å²) < 4.78 is 6.33. The summed E-state index contributed by atoms with van der Waals surface area (Å²) >= 11 is 0. The number of carbonyl (C=O) groups is 1. The van der Waals surface area contributed by atoms with Crippen LogP contribution in [0.2, 0.25) is 0 Å². The summed E-state index contributed by atoms with van der Waals surface area (Å²) in [5, 5.41) is 10.2. The van der Waals surface area contributed by atoms with Crippen LogP contribution in [0.1, 0.15) is 44.6 Å². The molecule has 1 heterocycles. The average molecular weight is 284 g/mol. The molecule has 0 aliphatic rings. The Labute approximate surface area is 121 Å². The van der Waals surface area contributed by atoms with Crippen molar-refractivity contribution >= 4 is 6.09 Å². The topological polar surface area (TPSA) is 68.2 Å². The van der Waals surface area contributed by atoms with Crippen LogP contribution in [0.5, 0.6) is 0 Å². The summed E-state index contributed by atoms with van der Waals surface area (Å²) in [5.41, 5.74) is 2.13. The number of amides is 1. The van der Waals surface area contributed by atoms with Gasteiger partial charge < -0.3 is 15.4 Å². The third-order valence-electron chi connectivity index (χ3n) is 2.51. The van der Waals surface area contributed by atoms with Gasteiger partial charge in [-0.05, 0) is 19.9 Å². The Hall–Kier alpha value is -1.56. The number of hydrogen-bond donors (Lipinski definition) is 2. The van der Waals surface area contributed by atoms with Crippen molar-refractivity contribution in [3.8, 4) is 0 Å². The summed E-state index contributed by atoms with van der Waals surface area (Å²) in [5.74, 6) is 0. The van der Waals surface area contributed by atoms with Crippen molar-refractivity contribution < 1.29 is 9.53 Å². The minimum Gasteiger partial charge on any atom is -0.453 e. The lowest BCUT2D eigenvalue weighted by atomic mass is 10.2. The number of nitrogens with one attached hydrogen (secondary N) is 2. The van der Waals surface area contributed by atoms with Crippen molar-refractivity contribution in [2.45, 2.75) is 40.2 Å². The number of ether oxygens (including phenoxy) is 1. The fraction of sp³-hybridized carbons (Fsp3) is 0.714. The van der Waals surface area contributed by atoms with Crippen molar-refractivity contribution in [2.24, 2.45) is 7.05 Å². The molecule has 0 aromatic carbocycles. The Balaban J connectivity index is 0.00000110. The Morgan fingerprint density at radius 1 is 1.45 bits per heavy atom. The molecule has 1 unspecified atom stereocenters. The molecule has 0 aliphatic heterocycles. The summed E-state index contributed by atoms with van der Waals surface area (Å²) in [6.45, 7) is 9.50. The van der Waals surface area contributed by atoms with E-state index in [2.05, 4.69) is 41.2 Å². The molecule has 1 rings (SSSR count). The largest absolute Gasteiger partial charge is 0.453 e. The Kier molecular flexibility index (Phi) is 9.45. The van der Waals surface area contributed by atoms with Gasteiger partial charge in [-0.15, -0.1) is 0 Å². The van der Waals surface area contributed by atoms with Crippen molar-refractivity contribution in [1.82, 2.24) is 20.4 Å². The van der Waals surface area contributed by atoms with Crippen LogP contribution >= 0.6 is 0 Å². The molecule has 20 heavy (non-hydrogen) atoms. The fourth-order valence-corrected chi connectivity index (χ4v) is 1.67. The molecular weight excluding hydrogens is 256 g/mol. The molecule has 0 fully saturated rings. The first-order valence-corrected chi connectivity index (χ1v) is 7.01. The van der Waals surface area contributed by atoms with Crippen LogP contribution in [0.25, 0.3) is 0 Å². The van der Waals surface area contributed by atoms with Crippen molar-refractivity contribution in [3.63, 3.8) is 0 Å². The van der Waals surface area contributed by atoms with Crippen molar-refractivity contribution in [3.05, 3.63) is 17.5 Å². The Morgan fingerprint density at radius 2 is 2.05 bits per heavy atom. The highest BCUT2D eigenvalue weighted by Crippen LogP contribution is 2.11. The Morgan fingerprint density at radius 3 is 2.50 bits per heavy atom. The van der Waals surface area contributed by atoms with Gasteiger partial charge in [0.2, 0.25) is 0 Å². The SMILES string of the molecule is CCC.COC(=O)NCCNC(C)c1cc(C)nn1C. The normalized spacial score (nSPS) is 11.3. The van der Waals surface area contributed by atoms with Crippen molar-refractivity contribution in [2.75, 3.05) is 20.2 Å². The standard InChI is InChI=1S/C11H20N4O2.C3H8/c1-8-7-10(15(3)14-8)9(2)12-5-6-13-11(16)17-4;1-3-2/h7,9,12H,5-6H2,1-4H3,(H,13,16);3H2,1-2H3. The zero-order valence-electron chi connectivity index (χ0n) is 13.5. The van der Waals surface area contributed by atoms with Gasteiger partial charge in [0.15, 0.2) is 0 Å². The van der Waals surface area contributed by atoms with Gasteiger partial charge in [-0.2, -0.15) is 5.10 Å². The number of rotatable bonds is 5. The number of alkyl carbamates (subject to hydrolysis) is 1. The highest BCUT2D eigenvalue weighted by atomic mass is 16.5.